The van der Waals surface area contributed by atoms with Crippen LogP contribution in [-0.2, 0) is 14.3 Å². The number of ether oxygens (including phenoxy) is 1. The normalized spacial score (nSPS) is 10.2. The van der Waals surface area contributed by atoms with Crippen molar-refractivity contribution in [3.8, 4) is 0 Å². The van der Waals surface area contributed by atoms with Gasteiger partial charge >= 0.3 is 11.8 Å². The Bertz CT molecular complexity index is 382. The van der Waals surface area contributed by atoms with Crippen molar-refractivity contribution in [3.63, 3.8) is 0 Å². The minimum absolute atomic E-state index is 0.419. The van der Waals surface area contributed by atoms with Gasteiger partial charge in [0.1, 0.15) is 0 Å². The van der Waals surface area contributed by atoms with E-state index >= 15 is 0 Å². The first-order valence-electron chi connectivity index (χ1n) is 6.30. The van der Waals surface area contributed by atoms with Crippen LogP contribution in [0.4, 0.5) is 5.13 Å². The third-order valence-corrected chi connectivity index (χ3v) is 2.94. The zero-order valence-corrected chi connectivity index (χ0v) is 11.8. The molecule has 0 fully saturated rings. The Kier molecular flexibility index (Phi) is 7.76. The predicted octanol–water partition coefficient (Wildman–Crippen LogP) is 1.40. The molecule has 0 aromatic carbocycles. The van der Waals surface area contributed by atoms with Crippen molar-refractivity contribution in [3.05, 3.63) is 11.6 Å². The second kappa shape index (κ2) is 9.46. The van der Waals surface area contributed by atoms with Gasteiger partial charge in [-0.2, -0.15) is 0 Å². The molecular weight excluding hydrogens is 266 g/mol. The molecule has 1 aromatic rings. The van der Waals surface area contributed by atoms with Gasteiger partial charge in [-0.3, -0.25) is 14.9 Å². The Balaban J connectivity index is 2.05. The number of aromatic nitrogens is 1. The highest BCUT2D eigenvalue weighted by Gasteiger charge is 2.13. The highest BCUT2D eigenvalue weighted by molar-refractivity contribution is 7.13. The standard InChI is InChI=1S/C12H19N3O3S/c1-2-3-7-18-8-4-5-13-10(16)11(17)15-12-14-6-9-19-12/h6,9H,2-5,7-8H2,1H3,(H,13,16)(H,14,15,17). The first kappa shape index (κ1) is 15.6. The van der Waals surface area contributed by atoms with Crippen LogP contribution in [-0.4, -0.2) is 36.6 Å². The van der Waals surface area contributed by atoms with Gasteiger partial charge < -0.3 is 10.1 Å². The number of carbonyl (C=O) groups is 2. The minimum Gasteiger partial charge on any atom is -0.381 e. The number of nitrogens with one attached hydrogen (secondary N) is 2. The van der Waals surface area contributed by atoms with Crippen LogP contribution in [0.3, 0.4) is 0 Å². The molecule has 0 radical (unpaired) electrons. The maximum atomic E-state index is 11.4. The van der Waals surface area contributed by atoms with Gasteiger partial charge in [0.25, 0.3) is 0 Å². The van der Waals surface area contributed by atoms with Crippen LogP contribution in [0, 0.1) is 0 Å². The number of carbonyl (C=O) groups excluding carboxylic acids is 2. The molecule has 0 spiro atoms. The summed E-state index contributed by atoms with van der Waals surface area (Å²) < 4.78 is 5.34. The predicted molar refractivity (Wildman–Crippen MR) is 74.1 cm³/mol. The Morgan fingerprint density at radius 1 is 1.32 bits per heavy atom. The van der Waals surface area contributed by atoms with Gasteiger partial charge in [0.2, 0.25) is 0 Å². The quantitative estimate of drug-likeness (QED) is 0.559. The Morgan fingerprint density at radius 3 is 2.79 bits per heavy atom. The molecule has 0 saturated carbocycles. The van der Waals surface area contributed by atoms with E-state index in [-0.39, 0.29) is 0 Å². The van der Waals surface area contributed by atoms with Gasteiger partial charge in [0, 0.05) is 31.3 Å². The van der Waals surface area contributed by atoms with Crippen molar-refractivity contribution in [2.75, 3.05) is 25.1 Å². The number of unbranched alkanes of at least 4 members (excludes halogenated alkanes) is 1. The van der Waals surface area contributed by atoms with E-state index in [0.717, 1.165) is 19.4 Å². The molecule has 7 heteroatoms. The van der Waals surface area contributed by atoms with Crippen LogP contribution in [0.1, 0.15) is 26.2 Å². The lowest BCUT2D eigenvalue weighted by molar-refractivity contribution is -0.136. The van der Waals surface area contributed by atoms with Gasteiger partial charge in [0.15, 0.2) is 5.13 Å². The zero-order valence-electron chi connectivity index (χ0n) is 11.0. The number of rotatable bonds is 8. The zero-order chi connectivity index (χ0) is 13.9. The maximum absolute atomic E-state index is 11.4. The molecule has 0 unspecified atom stereocenters. The molecule has 2 N–H and O–H groups in total. The first-order chi connectivity index (χ1) is 9.24. The lowest BCUT2D eigenvalue weighted by Gasteiger charge is -2.05. The molecule has 1 aromatic heterocycles. The number of amides is 2. The summed E-state index contributed by atoms with van der Waals surface area (Å²) in [6.07, 6.45) is 4.40. The molecule has 19 heavy (non-hydrogen) atoms. The van der Waals surface area contributed by atoms with E-state index in [2.05, 4.69) is 22.5 Å². The molecule has 1 heterocycles. The number of hydrogen-bond acceptors (Lipinski definition) is 5. The van der Waals surface area contributed by atoms with Crippen molar-refractivity contribution >= 4 is 28.3 Å². The Hall–Kier alpha value is -1.47. The highest BCUT2D eigenvalue weighted by Crippen LogP contribution is 2.09. The largest absolute Gasteiger partial charge is 0.381 e. The molecular formula is C12H19N3O3S. The van der Waals surface area contributed by atoms with Crippen molar-refractivity contribution in [1.29, 1.82) is 0 Å². The average Bonchev–Trinajstić information content (AvgIpc) is 2.90. The van der Waals surface area contributed by atoms with E-state index in [0.29, 0.717) is 24.7 Å². The topological polar surface area (TPSA) is 80.3 Å². The smallest absolute Gasteiger partial charge is 0.315 e. The second-order valence-corrected chi connectivity index (χ2v) is 4.76. The fourth-order valence-corrected chi connectivity index (χ4v) is 1.77. The number of hydrogen-bond donors (Lipinski definition) is 2. The van der Waals surface area contributed by atoms with E-state index in [1.807, 2.05) is 0 Å². The van der Waals surface area contributed by atoms with Crippen LogP contribution in [0.5, 0.6) is 0 Å². The summed E-state index contributed by atoms with van der Waals surface area (Å²) in [6.45, 7) is 3.87. The van der Waals surface area contributed by atoms with E-state index in [1.165, 1.54) is 11.3 Å². The van der Waals surface area contributed by atoms with Gasteiger partial charge in [-0.1, -0.05) is 13.3 Å². The Morgan fingerprint density at radius 2 is 2.11 bits per heavy atom. The minimum atomic E-state index is -0.693. The van der Waals surface area contributed by atoms with Gasteiger partial charge in [-0.05, 0) is 12.8 Å². The van der Waals surface area contributed by atoms with Crippen molar-refractivity contribution in [1.82, 2.24) is 10.3 Å². The summed E-state index contributed by atoms with van der Waals surface area (Å²) in [5.74, 6) is -1.34. The number of nitrogens with zero attached hydrogens (tertiary/aromatic N) is 1. The first-order valence-corrected chi connectivity index (χ1v) is 7.18. The summed E-state index contributed by atoms with van der Waals surface area (Å²) in [6, 6.07) is 0. The molecule has 0 saturated heterocycles. The van der Waals surface area contributed by atoms with E-state index in [9.17, 15) is 9.59 Å². The second-order valence-electron chi connectivity index (χ2n) is 3.87. The Labute approximate surface area is 116 Å². The number of anilines is 1. The molecule has 0 bridgehead atoms. The van der Waals surface area contributed by atoms with Crippen molar-refractivity contribution < 1.29 is 14.3 Å². The molecule has 0 aliphatic rings. The van der Waals surface area contributed by atoms with Crippen molar-refractivity contribution in [2.45, 2.75) is 26.2 Å². The lowest BCUT2D eigenvalue weighted by Crippen LogP contribution is -2.36. The van der Waals surface area contributed by atoms with Gasteiger partial charge in [0.05, 0.1) is 0 Å². The SMILES string of the molecule is CCCCOCCCNC(=O)C(=O)Nc1nccs1. The molecule has 106 valence electrons. The molecule has 6 nitrogen and oxygen atoms in total. The van der Waals surface area contributed by atoms with Crippen LogP contribution in [0.2, 0.25) is 0 Å². The van der Waals surface area contributed by atoms with Crippen LogP contribution in [0.15, 0.2) is 11.6 Å². The third-order valence-electron chi connectivity index (χ3n) is 2.25. The van der Waals surface area contributed by atoms with Crippen LogP contribution in [0.25, 0.3) is 0 Å². The summed E-state index contributed by atoms with van der Waals surface area (Å²) in [5, 5.41) is 7.09. The molecule has 0 aliphatic heterocycles. The van der Waals surface area contributed by atoms with Crippen molar-refractivity contribution in [2.24, 2.45) is 0 Å². The van der Waals surface area contributed by atoms with Crippen LogP contribution >= 0.6 is 11.3 Å². The molecule has 0 atom stereocenters. The summed E-state index contributed by atoms with van der Waals surface area (Å²) in [5.41, 5.74) is 0. The van der Waals surface area contributed by atoms with Crippen LogP contribution < -0.4 is 10.6 Å². The summed E-state index contributed by atoms with van der Waals surface area (Å²) in [7, 11) is 0. The van der Waals surface area contributed by atoms with E-state index in [1.54, 1.807) is 11.6 Å². The fraction of sp³-hybridized carbons (Fsp3) is 0.583. The van der Waals surface area contributed by atoms with Gasteiger partial charge in [-0.15, -0.1) is 11.3 Å². The number of thiazole rings is 1. The maximum Gasteiger partial charge on any atom is 0.315 e. The monoisotopic (exact) mass is 285 g/mol. The highest BCUT2D eigenvalue weighted by atomic mass is 32.1. The fourth-order valence-electron chi connectivity index (χ4n) is 1.24. The van der Waals surface area contributed by atoms with Gasteiger partial charge in [-0.25, -0.2) is 4.98 Å². The molecule has 1 rings (SSSR count). The molecule has 0 aliphatic carbocycles. The molecule has 2 amide bonds. The summed E-state index contributed by atoms with van der Waals surface area (Å²) >= 11 is 1.27. The van der Waals surface area contributed by atoms with E-state index in [4.69, 9.17) is 4.74 Å². The average molecular weight is 285 g/mol. The van der Waals surface area contributed by atoms with E-state index < -0.39 is 11.8 Å². The summed E-state index contributed by atoms with van der Waals surface area (Å²) in [4.78, 5) is 26.7. The third kappa shape index (κ3) is 6.88. The lowest BCUT2D eigenvalue weighted by atomic mass is 10.3.